The Morgan fingerprint density at radius 1 is 1.03 bits per heavy atom. The molecule has 0 bridgehead atoms. The fraction of sp³-hybridized carbons (Fsp3) is 0.458. The van der Waals surface area contributed by atoms with Gasteiger partial charge in [0.05, 0.1) is 4.90 Å². The Balaban J connectivity index is 1.71. The molecule has 5 nitrogen and oxygen atoms in total. The quantitative estimate of drug-likeness (QED) is 0.517. The number of hydrogen-bond donors (Lipinski definition) is 0. The molecule has 1 aliphatic carbocycles. The molecule has 2 unspecified atom stereocenters. The Bertz CT molecular complexity index is 1040. The van der Waals surface area contributed by atoms with E-state index in [4.69, 9.17) is 9.47 Å². The normalized spacial score (nSPS) is 19.1. The van der Waals surface area contributed by atoms with E-state index in [0.717, 1.165) is 24.8 Å². The fourth-order valence-corrected chi connectivity index (χ4v) is 4.41. The van der Waals surface area contributed by atoms with E-state index in [2.05, 4.69) is 0 Å². The Morgan fingerprint density at radius 2 is 1.62 bits per heavy atom. The van der Waals surface area contributed by atoms with Gasteiger partial charge in [0.1, 0.15) is 12.2 Å². The molecule has 2 aromatic carbocycles. The maximum absolute atomic E-state index is 14.7. The summed E-state index contributed by atoms with van der Waals surface area (Å²) in [6.45, 7) is 3.87. The van der Waals surface area contributed by atoms with E-state index in [-0.39, 0.29) is 28.5 Å². The number of esters is 1. The van der Waals surface area contributed by atoms with Gasteiger partial charge in [0.15, 0.2) is 27.2 Å². The van der Waals surface area contributed by atoms with Gasteiger partial charge < -0.3 is 9.47 Å². The summed E-state index contributed by atoms with van der Waals surface area (Å²) in [4.78, 5) is 12.1. The van der Waals surface area contributed by atoms with E-state index in [1.54, 1.807) is 0 Å². The van der Waals surface area contributed by atoms with Gasteiger partial charge in [-0.25, -0.2) is 17.2 Å². The number of carbonyl (C=O) groups excluding carboxylic acids is 1. The molecule has 0 aromatic heterocycles. The third kappa shape index (κ3) is 6.28. The van der Waals surface area contributed by atoms with Gasteiger partial charge >= 0.3 is 5.97 Å². The van der Waals surface area contributed by atoms with Crippen LogP contribution in [0.15, 0.2) is 41.3 Å². The summed E-state index contributed by atoms with van der Waals surface area (Å²) < 4.78 is 63.8. The summed E-state index contributed by atoms with van der Waals surface area (Å²) in [5.74, 6) is -2.21. The van der Waals surface area contributed by atoms with Gasteiger partial charge in [-0.1, -0.05) is 26.0 Å². The number of carbonyl (C=O) groups is 1. The van der Waals surface area contributed by atoms with Crippen LogP contribution in [0.5, 0.6) is 5.75 Å². The van der Waals surface area contributed by atoms with E-state index >= 15 is 0 Å². The average molecular weight is 467 g/mol. The highest BCUT2D eigenvalue weighted by molar-refractivity contribution is 7.90. The summed E-state index contributed by atoms with van der Waals surface area (Å²) in [7, 11) is -3.36. The van der Waals surface area contributed by atoms with Gasteiger partial charge in [0.2, 0.25) is 0 Å². The third-order valence-electron chi connectivity index (χ3n) is 5.35. The number of sulfone groups is 1. The highest BCUT2D eigenvalue weighted by atomic mass is 32.2. The first kappa shape index (κ1) is 24.2. The zero-order chi connectivity index (χ0) is 23.5. The Labute approximate surface area is 187 Å². The van der Waals surface area contributed by atoms with E-state index in [1.165, 1.54) is 24.3 Å². The largest absolute Gasteiger partial charge is 0.484 e. The van der Waals surface area contributed by atoms with E-state index in [1.807, 2.05) is 13.8 Å². The van der Waals surface area contributed by atoms with Gasteiger partial charge in [0, 0.05) is 19.1 Å². The molecular formula is C24H28F2O5S. The smallest absolute Gasteiger partial charge is 0.306 e. The third-order valence-corrected chi connectivity index (χ3v) is 6.48. The number of benzene rings is 2. The molecule has 1 fully saturated rings. The van der Waals surface area contributed by atoms with Crippen LogP contribution < -0.4 is 4.74 Å². The zero-order valence-corrected chi connectivity index (χ0v) is 19.3. The van der Waals surface area contributed by atoms with E-state index in [0.29, 0.717) is 31.2 Å². The number of ether oxygens (including phenoxy) is 2. The summed E-state index contributed by atoms with van der Waals surface area (Å²) in [5, 5.41) is 0. The lowest BCUT2D eigenvalue weighted by Crippen LogP contribution is -2.32. The van der Waals surface area contributed by atoms with Crippen LogP contribution >= 0.6 is 0 Å². The van der Waals surface area contributed by atoms with Gasteiger partial charge in [-0.15, -0.1) is 0 Å². The van der Waals surface area contributed by atoms with Crippen molar-refractivity contribution >= 4 is 15.8 Å². The van der Waals surface area contributed by atoms with Gasteiger partial charge in [-0.3, -0.25) is 4.79 Å². The van der Waals surface area contributed by atoms with Crippen molar-refractivity contribution < 1.29 is 31.5 Å². The summed E-state index contributed by atoms with van der Waals surface area (Å²) in [5.41, 5.74) is 0.757. The molecule has 2 atom stereocenters. The molecule has 2 aromatic rings. The lowest BCUT2D eigenvalue weighted by Gasteiger charge is -2.29. The predicted octanol–water partition coefficient (Wildman–Crippen LogP) is 5.31. The second-order valence-corrected chi connectivity index (χ2v) is 10.7. The lowest BCUT2D eigenvalue weighted by atomic mass is 9.94. The minimum absolute atomic E-state index is 0.128. The van der Waals surface area contributed by atoms with Gasteiger partial charge in [-0.05, 0) is 60.6 Å². The lowest BCUT2D eigenvalue weighted by molar-refractivity contribution is -0.152. The number of hydrogen-bond acceptors (Lipinski definition) is 5. The minimum Gasteiger partial charge on any atom is -0.484 e. The number of rotatable bonds is 7. The van der Waals surface area contributed by atoms with Crippen molar-refractivity contribution in [1.29, 1.82) is 0 Å². The molecule has 1 saturated carbocycles. The molecule has 0 heterocycles. The highest BCUT2D eigenvalue weighted by Crippen LogP contribution is 2.33. The molecule has 1 aliphatic rings. The molecule has 0 radical (unpaired) electrons. The molecule has 174 valence electrons. The van der Waals surface area contributed by atoms with Crippen LogP contribution in [-0.4, -0.2) is 32.9 Å². The first-order chi connectivity index (χ1) is 15.0. The Hall–Kier alpha value is -2.48. The maximum atomic E-state index is 14.7. The second kappa shape index (κ2) is 9.98. The van der Waals surface area contributed by atoms with Gasteiger partial charge in [-0.2, -0.15) is 0 Å². The zero-order valence-electron chi connectivity index (χ0n) is 18.4. The first-order valence-corrected chi connectivity index (χ1v) is 12.6. The van der Waals surface area contributed by atoms with Crippen molar-refractivity contribution in [1.82, 2.24) is 0 Å². The monoisotopic (exact) mass is 466 g/mol. The van der Waals surface area contributed by atoms with Gasteiger partial charge in [0.25, 0.3) is 0 Å². The maximum Gasteiger partial charge on any atom is 0.306 e. The van der Waals surface area contributed by atoms with Crippen LogP contribution in [0.3, 0.4) is 0 Å². The van der Waals surface area contributed by atoms with E-state index < -0.39 is 33.3 Å². The minimum atomic E-state index is -3.36. The van der Waals surface area contributed by atoms with Crippen LogP contribution in [-0.2, 0) is 19.4 Å². The summed E-state index contributed by atoms with van der Waals surface area (Å²) >= 11 is 0. The summed E-state index contributed by atoms with van der Waals surface area (Å²) in [6.07, 6.45) is 3.09. The molecule has 0 aliphatic heterocycles. The van der Waals surface area contributed by atoms with Crippen molar-refractivity contribution in [3.05, 3.63) is 48.0 Å². The van der Waals surface area contributed by atoms with Crippen LogP contribution in [0.2, 0.25) is 0 Å². The second-order valence-electron chi connectivity index (χ2n) is 8.68. The molecule has 3 rings (SSSR count). The molecule has 0 spiro atoms. The molecule has 0 saturated heterocycles. The van der Waals surface area contributed by atoms with E-state index in [9.17, 15) is 22.0 Å². The Morgan fingerprint density at radius 3 is 2.19 bits per heavy atom. The Kier molecular flexibility index (Phi) is 7.54. The topological polar surface area (TPSA) is 69.7 Å². The number of halogens is 2. The first-order valence-electron chi connectivity index (χ1n) is 10.7. The van der Waals surface area contributed by atoms with Crippen LogP contribution in [0.1, 0.15) is 46.0 Å². The van der Waals surface area contributed by atoms with Crippen molar-refractivity contribution in [2.75, 3.05) is 6.26 Å². The SMILES string of the molecule is CC(C)CC(=O)OC1CCCC(Oc2c(F)cc(-c3ccc(S(C)(=O)=O)cc3)cc2F)C1. The van der Waals surface area contributed by atoms with Crippen molar-refractivity contribution in [2.45, 2.75) is 63.1 Å². The molecule has 8 heteroatoms. The van der Waals surface area contributed by atoms with Crippen LogP contribution in [0.25, 0.3) is 11.1 Å². The fourth-order valence-electron chi connectivity index (χ4n) is 3.78. The molecule has 0 amide bonds. The predicted molar refractivity (Wildman–Crippen MR) is 117 cm³/mol. The van der Waals surface area contributed by atoms with Crippen molar-refractivity contribution in [2.24, 2.45) is 5.92 Å². The van der Waals surface area contributed by atoms with Crippen molar-refractivity contribution in [3.8, 4) is 16.9 Å². The molecule has 32 heavy (non-hydrogen) atoms. The van der Waals surface area contributed by atoms with Crippen molar-refractivity contribution in [3.63, 3.8) is 0 Å². The van der Waals surface area contributed by atoms with Crippen LogP contribution in [0.4, 0.5) is 8.78 Å². The average Bonchev–Trinajstić information content (AvgIpc) is 2.69. The van der Waals surface area contributed by atoms with Crippen LogP contribution in [0, 0.1) is 17.6 Å². The summed E-state index contributed by atoms with van der Waals surface area (Å²) in [6, 6.07) is 8.12. The highest BCUT2D eigenvalue weighted by Gasteiger charge is 2.28. The standard InChI is InChI=1S/C24H28F2O5S/c1-15(2)11-23(27)30-18-5-4-6-19(14-18)31-24-21(25)12-17(13-22(24)26)16-7-9-20(10-8-16)32(3,28)29/h7-10,12-13,15,18-19H,4-6,11,14H2,1-3H3. The molecule has 0 N–H and O–H groups in total. The molecular weight excluding hydrogens is 438 g/mol.